The van der Waals surface area contributed by atoms with Gasteiger partial charge in [0.25, 0.3) is 11.8 Å². The SMILES string of the molecule is O=C(COc1cccc(Cl)c1)Nc1sc2c(c1C(=O)N1CCOCC1)CCCC2. The monoisotopic (exact) mass is 434 g/mol. The van der Waals surface area contributed by atoms with Crippen LogP contribution in [0.1, 0.15) is 33.6 Å². The van der Waals surface area contributed by atoms with Crippen LogP contribution in [0.2, 0.25) is 5.02 Å². The summed E-state index contributed by atoms with van der Waals surface area (Å²) >= 11 is 7.47. The van der Waals surface area contributed by atoms with Gasteiger partial charge in [-0.2, -0.15) is 0 Å². The van der Waals surface area contributed by atoms with E-state index in [-0.39, 0.29) is 18.4 Å². The standard InChI is InChI=1S/C21H23ClN2O4S/c22-14-4-3-5-15(12-14)28-13-18(25)23-20-19(16-6-1-2-7-17(16)29-20)21(26)24-8-10-27-11-9-24/h3-5,12H,1-2,6-11,13H2,(H,23,25). The van der Waals surface area contributed by atoms with E-state index < -0.39 is 0 Å². The second-order valence-corrected chi connectivity index (χ2v) is 8.66. The van der Waals surface area contributed by atoms with Gasteiger partial charge in [-0.05, 0) is 49.4 Å². The molecule has 154 valence electrons. The minimum absolute atomic E-state index is 0.0150. The zero-order chi connectivity index (χ0) is 20.2. The molecule has 0 bridgehead atoms. The fourth-order valence-electron chi connectivity index (χ4n) is 3.67. The van der Waals surface area contributed by atoms with Crippen LogP contribution in [-0.4, -0.2) is 49.6 Å². The van der Waals surface area contributed by atoms with Crippen molar-refractivity contribution in [3.63, 3.8) is 0 Å². The van der Waals surface area contributed by atoms with Crippen molar-refractivity contribution >= 4 is 39.8 Å². The lowest BCUT2D eigenvalue weighted by Crippen LogP contribution is -2.41. The fraction of sp³-hybridized carbons (Fsp3) is 0.429. The third-order valence-corrected chi connectivity index (χ3v) is 6.54. The highest BCUT2D eigenvalue weighted by Gasteiger charge is 2.30. The molecule has 1 aromatic heterocycles. The quantitative estimate of drug-likeness (QED) is 0.777. The molecule has 1 aliphatic heterocycles. The number of halogens is 1. The average molecular weight is 435 g/mol. The van der Waals surface area contributed by atoms with Crippen LogP contribution in [0.15, 0.2) is 24.3 Å². The number of aryl methyl sites for hydroxylation is 1. The summed E-state index contributed by atoms with van der Waals surface area (Å²) in [6.45, 7) is 2.11. The second kappa shape index (κ2) is 9.15. The van der Waals surface area contributed by atoms with Gasteiger partial charge >= 0.3 is 0 Å². The lowest BCUT2D eigenvalue weighted by Gasteiger charge is -2.27. The van der Waals surface area contributed by atoms with Gasteiger partial charge in [-0.3, -0.25) is 9.59 Å². The van der Waals surface area contributed by atoms with Crippen molar-refractivity contribution in [3.8, 4) is 5.75 Å². The summed E-state index contributed by atoms with van der Waals surface area (Å²) in [5.74, 6) is 0.223. The predicted molar refractivity (Wildman–Crippen MR) is 113 cm³/mol. The fourth-order valence-corrected chi connectivity index (χ4v) is 5.15. The van der Waals surface area contributed by atoms with Gasteiger partial charge < -0.3 is 19.7 Å². The Morgan fingerprint density at radius 2 is 2.00 bits per heavy atom. The molecule has 0 spiro atoms. The number of nitrogens with one attached hydrogen (secondary N) is 1. The Morgan fingerprint density at radius 1 is 1.21 bits per heavy atom. The van der Waals surface area contributed by atoms with Crippen molar-refractivity contribution in [1.29, 1.82) is 0 Å². The topological polar surface area (TPSA) is 67.9 Å². The third kappa shape index (κ3) is 4.74. The molecule has 1 fully saturated rings. The number of carbonyl (C=O) groups excluding carboxylic acids is 2. The first kappa shape index (κ1) is 20.2. The van der Waals surface area contributed by atoms with Gasteiger partial charge in [0.1, 0.15) is 10.8 Å². The Hall–Kier alpha value is -2.09. The van der Waals surface area contributed by atoms with E-state index >= 15 is 0 Å². The first-order chi connectivity index (χ1) is 14.1. The maximum atomic E-state index is 13.2. The zero-order valence-corrected chi connectivity index (χ0v) is 17.6. The molecular formula is C21H23ClN2O4S. The highest BCUT2D eigenvalue weighted by molar-refractivity contribution is 7.17. The number of benzene rings is 1. The van der Waals surface area contributed by atoms with Gasteiger partial charge in [0.05, 0.1) is 18.8 Å². The van der Waals surface area contributed by atoms with Crippen LogP contribution in [0.4, 0.5) is 5.00 Å². The molecule has 8 heteroatoms. The average Bonchev–Trinajstić information content (AvgIpc) is 3.10. The summed E-state index contributed by atoms with van der Waals surface area (Å²) in [7, 11) is 0. The molecule has 1 saturated heterocycles. The number of hydrogen-bond acceptors (Lipinski definition) is 5. The molecule has 2 amide bonds. The van der Waals surface area contributed by atoms with Crippen molar-refractivity contribution in [2.45, 2.75) is 25.7 Å². The summed E-state index contributed by atoms with van der Waals surface area (Å²) in [4.78, 5) is 28.8. The van der Waals surface area contributed by atoms with E-state index in [1.54, 1.807) is 24.3 Å². The highest BCUT2D eigenvalue weighted by Crippen LogP contribution is 2.39. The van der Waals surface area contributed by atoms with Gasteiger partial charge in [0, 0.05) is 23.0 Å². The number of thiophene rings is 1. The first-order valence-electron chi connectivity index (χ1n) is 9.81. The number of amides is 2. The largest absolute Gasteiger partial charge is 0.484 e. The maximum Gasteiger partial charge on any atom is 0.262 e. The smallest absolute Gasteiger partial charge is 0.262 e. The third-order valence-electron chi connectivity index (χ3n) is 5.10. The van der Waals surface area contributed by atoms with Gasteiger partial charge in [-0.1, -0.05) is 17.7 Å². The Labute approximate surface area is 178 Å². The molecule has 6 nitrogen and oxygen atoms in total. The molecule has 1 N–H and O–H groups in total. The van der Waals surface area contributed by atoms with Gasteiger partial charge in [0.15, 0.2) is 6.61 Å². The van der Waals surface area contributed by atoms with Crippen LogP contribution in [0, 0.1) is 0 Å². The molecule has 2 aliphatic rings. The minimum atomic E-state index is -0.292. The molecule has 29 heavy (non-hydrogen) atoms. The van der Waals surface area contributed by atoms with Gasteiger partial charge in [0.2, 0.25) is 0 Å². The molecule has 1 aliphatic carbocycles. The summed E-state index contributed by atoms with van der Waals surface area (Å²) in [6.07, 6.45) is 4.02. The van der Waals surface area contributed by atoms with E-state index in [4.69, 9.17) is 21.1 Å². The normalized spacial score (nSPS) is 16.2. The van der Waals surface area contributed by atoms with E-state index in [0.29, 0.717) is 47.6 Å². The number of morpholine rings is 1. The second-order valence-electron chi connectivity index (χ2n) is 7.11. The summed E-state index contributed by atoms with van der Waals surface area (Å²) in [5.41, 5.74) is 1.76. The van der Waals surface area contributed by atoms with Crippen molar-refractivity contribution in [1.82, 2.24) is 4.90 Å². The molecule has 1 aromatic carbocycles. The van der Waals surface area contributed by atoms with Crippen LogP contribution in [0.5, 0.6) is 5.75 Å². The number of ether oxygens (including phenoxy) is 2. The predicted octanol–water partition coefficient (Wildman–Crippen LogP) is 3.77. The van der Waals surface area contributed by atoms with Crippen molar-refractivity contribution in [2.75, 3.05) is 38.2 Å². The first-order valence-corrected chi connectivity index (χ1v) is 11.0. The number of rotatable bonds is 5. The van der Waals surface area contributed by atoms with E-state index in [1.807, 2.05) is 4.90 Å². The van der Waals surface area contributed by atoms with Gasteiger partial charge in [-0.15, -0.1) is 11.3 Å². The molecule has 2 heterocycles. The van der Waals surface area contributed by atoms with Crippen LogP contribution in [0.25, 0.3) is 0 Å². The summed E-state index contributed by atoms with van der Waals surface area (Å²) in [5, 5.41) is 4.10. The Morgan fingerprint density at radius 3 is 2.79 bits per heavy atom. The Balaban J connectivity index is 1.50. The van der Waals surface area contributed by atoms with E-state index in [2.05, 4.69) is 5.32 Å². The summed E-state index contributed by atoms with van der Waals surface area (Å²) in [6, 6.07) is 6.92. The van der Waals surface area contributed by atoms with E-state index in [1.165, 1.54) is 16.2 Å². The molecular weight excluding hydrogens is 412 g/mol. The lowest BCUT2D eigenvalue weighted by atomic mass is 9.95. The molecule has 0 saturated carbocycles. The van der Waals surface area contributed by atoms with Crippen LogP contribution in [0.3, 0.4) is 0 Å². The lowest BCUT2D eigenvalue weighted by molar-refractivity contribution is -0.118. The maximum absolute atomic E-state index is 13.2. The number of anilines is 1. The number of carbonyl (C=O) groups is 2. The van der Waals surface area contributed by atoms with Crippen molar-refractivity contribution < 1.29 is 19.1 Å². The van der Waals surface area contributed by atoms with E-state index in [0.717, 1.165) is 31.2 Å². The van der Waals surface area contributed by atoms with Crippen LogP contribution in [-0.2, 0) is 22.4 Å². The molecule has 0 unspecified atom stereocenters. The Kier molecular flexibility index (Phi) is 6.37. The van der Waals surface area contributed by atoms with Gasteiger partial charge in [-0.25, -0.2) is 0 Å². The van der Waals surface area contributed by atoms with Crippen LogP contribution >= 0.6 is 22.9 Å². The molecule has 0 radical (unpaired) electrons. The van der Waals surface area contributed by atoms with Crippen molar-refractivity contribution in [3.05, 3.63) is 45.3 Å². The highest BCUT2D eigenvalue weighted by atomic mass is 35.5. The number of hydrogen-bond donors (Lipinski definition) is 1. The Bertz CT molecular complexity index is 908. The van der Waals surface area contributed by atoms with E-state index in [9.17, 15) is 9.59 Å². The molecule has 4 rings (SSSR count). The van der Waals surface area contributed by atoms with Crippen molar-refractivity contribution in [2.24, 2.45) is 0 Å². The molecule has 2 aromatic rings. The number of fused-ring (bicyclic) bond motifs is 1. The zero-order valence-electron chi connectivity index (χ0n) is 16.0. The van der Waals surface area contributed by atoms with Crippen LogP contribution < -0.4 is 10.1 Å². The molecule has 0 atom stereocenters. The number of nitrogens with zero attached hydrogens (tertiary/aromatic N) is 1. The minimum Gasteiger partial charge on any atom is -0.484 e. The summed E-state index contributed by atoms with van der Waals surface area (Å²) < 4.78 is 10.9.